The average Bonchev–Trinajstić information content (AvgIpc) is 2.98. The molecule has 0 unspecified atom stereocenters. The highest BCUT2D eigenvalue weighted by Crippen LogP contribution is 2.32. The number of hydrogen-bond acceptors (Lipinski definition) is 3. The van der Waals surface area contributed by atoms with Crippen LogP contribution in [-0.2, 0) is 6.54 Å². The molecule has 0 aliphatic heterocycles. The maximum absolute atomic E-state index is 13.4. The van der Waals surface area contributed by atoms with Gasteiger partial charge in [0.1, 0.15) is 5.52 Å². The minimum Gasteiger partial charge on any atom is -0.290 e. The van der Waals surface area contributed by atoms with Gasteiger partial charge in [-0.3, -0.25) is 9.36 Å². The lowest BCUT2D eigenvalue weighted by atomic mass is 10.0. The van der Waals surface area contributed by atoms with Crippen molar-refractivity contribution in [3.05, 3.63) is 51.4 Å². The van der Waals surface area contributed by atoms with Crippen LogP contribution in [0, 0.1) is 6.92 Å². The van der Waals surface area contributed by atoms with Gasteiger partial charge in [0.05, 0.1) is 0 Å². The van der Waals surface area contributed by atoms with E-state index in [0.29, 0.717) is 18.0 Å². The van der Waals surface area contributed by atoms with E-state index < -0.39 is 0 Å². The number of aryl methyl sites for hydroxylation is 1. The Labute approximate surface area is 165 Å². The Kier molecular flexibility index (Phi) is 5.52. The van der Waals surface area contributed by atoms with Crippen LogP contribution >= 0.6 is 11.8 Å². The van der Waals surface area contributed by atoms with Crippen molar-refractivity contribution in [1.29, 1.82) is 0 Å². The van der Waals surface area contributed by atoms with Crippen LogP contribution in [0.1, 0.15) is 63.3 Å². The van der Waals surface area contributed by atoms with Gasteiger partial charge in [0, 0.05) is 22.7 Å². The highest BCUT2D eigenvalue weighted by atomic mass is 32.2. The van der Waals surface area contributed by atoms with Crippen molar-refractivity contribution in [1.82, 2.24) is 14.2 Å². The van der Waals surface area contributed by atoms with Gasteiger partial charge in [-0.1, -0.05) is 33.8 Å². The molecule has 0 bridgehead atoms. The van der Waals surface area contributed by atoms with E-state index >= 15 is 0 Å². The third kappa shape index (κ3) is 3.33. The summed E-state index contributed by atoms with van der Waals surface area (Å²) >= 11 is 1.70. The highest BCUT2D eigenvalue weighted by Gasteiger charge is 2.20. The molecule has 144 valence electrons. The first kappa shape index (κ1) is 19.7. The van der Waals surface area contributed by atoms with E-state index in [1.54, 1.807) is 11.8 Å². The molecule has 0 aliphatic rings. The predicted molar refractivity (Wildman–Crippen MR) is 115 cm³/mol. The van der Waals surface area contributed by atoms with Gasteiger partial charge in [-0.25, -0.2) is 4.52 Å². The summed E-state index contributed by atoms with van der Waals surface area (Å²) in [5.74, 6) is 1.49. The first-order chi connectivity index (χ1) is 12.8. The molecule has 3 rings (SSSR count). The van der Waals surface area contributed by atoms with Crippen LogP contribution in [0.25, 0.3) is 16.9 Å². The Morgan fingerprint density at radius 1 is 1.11 bits per heavy atom. The van der Waals surface area contributed by atoms with Crippen LogP contribution in [0.3, 0.4) is 0 Å². The van der Waals surface area contributed by atoms with Gasteiger partial charge in [-0.2, -0.15) is 0 Å². The van der Waals surface area contributed by atoms with Gasteiger partial charge in [-0.05, 0) is 61.3 Å². The number of benzene rings is 1. The molecule has 0 saturated carbocycles. The minimum absolute atomic E-state index is 0.0410. The second kappa shape index (κ2) is 7.55. The molecule has 0 amide bonds. The molecule has 0 N–H and O–H groups in total. The molecule has 0 aliphatic carbocycles. The summed E-state index contributed by atoms with van der Waals surface area (Å²) in [5, 5.41) is 4.93. The molecule has 5 heteroatoms. The van der Waals surface area contributed by atoms with E-state index in [-0.39, 0.29) is 11.5 Å². The number of nitrogens with zero attached hydrogens (tertiary/aromatic N) is 3. The summed E-state index contributed by atoms with van der Waals surface area (Å²) in [5.41, 5.74) is 5.14. The van der Waals surface area contributed by atoms with Gasteiger partial charge in [0.25, 0.3) is 5.56 Å². The number of hydrogen-bond donors (Lipinski definition) is 0. The molecule has 0 radical (unpaired) electrons. The smallest absolute Gasteiger partial charge is 0.278 e. The molecule has 2 aromatic heterocycles. The summed E-state index contributed by atoms with van der Waals surface area (Å²) in [7, 11) is 0. The van der Waals surface area contributed by atoms with Crippen LogP contribution in [0.15, 0.2) is 34.0 Å². The SMILES string of the molecule is CCn1c(-c2ccc(C(C)C)cc2SC)nn2c(C)cc(C(C)C)c2c1=O. The zero-order valence-corrected chi connectivity index (χ0v) is 18.1. The van der Waals surface area contributed by atoms with Crippen LogP contribution in [-0.4, -0.2) is 20.4 Å². The lowest BCUT2D eigenvalue weighted by Gasteiger charge is -2.16. The monoisotopic (exact) mass is 383 g/mol. The van der Waals surface area contributed by atoms with Crippen LogP contribution < -0.4 is 5.56 Å². The Morgan fingerprint density at radius 3 is 2.37 bits per heavy atom. The average molecular weight is 384 g/mol. The zero-order valence-electron chi connectivity index (χ0n) is 17.3. The van der Waals surface area contributed by atoms with Gasteiger partial charge in [0.15, 0.2) is 5.82 Å². The van der Waals surface area contributed by atoms with E-state index in [2.05, 4.69) is 58.2 Å². The second-order valence-corrected chi connectivity index (χ2v) is 8.49. The highest BCUT2D eigenvalue weighted by molar-refractivity contribution is 7.98. The third-order valence-corrected chi connectivity index (χ3v) is 5.93. The van der Waals surface area contributed by atoms with Crippen molar-refractivity contribution in [2.45, 2.75) is 64.8 Å². The molecule has 4 nitrogen and oxygen atoms in total. The standard InChI is InChI=1S/C22H29N3OS/c1-8-24-21(17-10-9-16(13(2)3)12-19(17)27-7)23-25-15(6)11-18(14(4)5)20(25)22(24)26/h9-14H,8H2,1-7H3. The maximum Gasteiger partial charge on any atom is 0.278 e. The van der Waals surface area contributed by atoms with Gasteiger partial charge >= 0.3 is 0 Å². The molecule has 0 saturated heterocycles. The number of fused-ring (bicyclic) bond motifs is 1. The Morgan fingerprint density at radius 2 is 1.81 bits per heavy atom. The first-order valence-corrected chi connectivity index (χ1v) is 10.8. The minimum atomic E-state index is 0.0410. The van der Waals surface area contributed by atoms with E-state index in [4.69, 9.17) is 5.10 Å². The van der Waals surface area contributed by atoms with E-state index in [0.717, 1.165) is 27.5 Å². The normalized spacial score (nSPS) is 11.9. The lowest BCUT2D eigenvalue weighted by Crippen LogP contribution is -2.26. The molecule has 3 aromatic rings. The second-order valence-electron chi connectivity index (χ2n) is 7.64. The van der Waals surface area contributed by atoms with Crippen molar-refractivity contribution < 1.29 is 0 Å². The van der Waals surface area contributed by atoms with E-state index in [9.17, 15) is 4.79 Å². The number of thioether (sulfide) groups is 1. The summed E-state index contributed by atoms with van der Waals surface area (Å²) in [6.07, 6.45) is 2.08. The zero-order chi connectivity index (χ0) is 19.9. The molecule has 0 atom stereocenters. The Bertz CT molecular complexity index is 1040. The van der Waals surface area contributed by atoms with Gasteiger partial charge in [-0.15, -0.1) is 16.9 Å². The Hall–Kier alpha value is -2.01. The fraction of sp³-hybridized carbons (Fsp3) is 0.455. The fourth-order valence-electron chi connectivity index (χ4n) is 3.55. The van der Waals surface area contributed by atoms with Crippen molar-refractivity contribution in [3.8, 4) is 11.4 Å². The van der Waals surface area contributed by atoms with Crippen molar-refractivity contribution in [2.75, 3.05) is 6.26 Å². The molecular formula is C22H29N3OS. The van der Waals surface area contributed by atoms with E-state index in [1.165, 1.54) is 5.56 Å². The molecule has 0 fully saturated rings. The van der Waals surface area contributed by atoms with Crippen LogP contribution in [0.2, 0.25) is 0 Å². The topological polar surface area (TPSA) is 39.3 Å². The largest absolute Gasteiger partial charge is 0.290 e. The molecule has 1 aromatic carbocycles. The van der Waals surface area contributed by atoms with Crippen molar-refractivity contribution in [3.63, 3.8) is 0 Å². The number of rotatable bonds is 5. The number of aromatic nitrogens is 3. The molecule has 27 heavy (non-hydrogen) atoms. The molecular weight excluding hydrogens is 354 g/mol. The van der Waals surface area contributed by atoms with Gasteiger partial charge < -0.3 is 0 Å². The maximum atomic E-state index is 13.4. The quantitative estimate of drug-likeness (QED) is 0.549. The Balaban J connectivity index is 2.36. The van der Waals surface area contributed by atoms with Crippen molar-refractivity contribution >= 4 is 17.3 Å². The summed E-state index contributed by atoms with van der Waals surface area (Å²) in [6, 6.07) is 8.58. The first-order valence-electron chi connectivity index (χ1n) is 9.61. The summed E-state index contributed by atoms with van der Waals surface area (Å²) < 4.78 is 3.64. The van der Waals surface area contributed by atoms with Crippen LogP contribution in [0.5, 0.6) is 0 Å². The molecule has 0 spiro atoms. The third-order valence-electron chi connectivity index (χ3n) is 5.15. The van der Waals surface area contributed by atoms with Crippen molar-refractivity contribution in [2.24, 2.45) is 0 Å². The fourth-order valence-corrected chi connectivity index (χ4v) is 4.19. The van der Waals surface area contributed by atoms with Crippen LogP contribution in [0.4, 0.5) is 0 Å². The van der Waals surface area contributed by atoms with E-state index in [1.807, 2.05) is 22.9 Å². The predicted octanol–water partition coefficient (Wildman–Crippen LogP) is 5.46. The lowest BCUT2D eigenvalue weighted by molar-refractivity contribution is 0.685. The molecule has 2 heterocycles. The van der Waals surface area contributed by atoms with Gasteiger partial charge in [0.2, 0.25) is 0 Å². The summed E-state index contributed by atoms with van der Waals surface area (Å²) in [6.45, 7) is 13.3. The summed E-state index contributed by atoms with van der Waals surface area (Å²) in [4.78, 5) is 14.5.